The minimum Gasteiger partial charge on any atom is -0.334 e. The van der Waals surface area contributed by atoms with Crippen LogP contribution in [0.15, 0.2) is 35.0 Å². The van der Waals surface area contributed by atoms with E-state index in [2.05, 4.69) is 20.5 Å². The van der Waals surface area contributed by atoms with Gasteiger partial charge in [-0.3, -0.25) is 0 Å². The second-order valence-electron chi connectivity index (χ2n) is 5.07. The molecule has 0 radical (unpaired) electrons. The molecule has 8 nitrogen and oxygen atoms in total. The van der Waals surface area contributed by atoms with E-state index in [1.165, 1.54) is 10.9 Å². The van der Waals surface area contributed by atoms with Crippen LogP contribution in [-0.4, -0.2) is 33.6 Å². The topological polar surface area (TPSA) is 104 Å². The van der Waals surface area contributed by atoms with E-state index >= 15 is 0 Å². The molecule has 0 fully saturated rings. The average molecular weight is 368 g/mol. The second-order valence-corrected chi connectivity index (χ2v) is 7.54. The Morgan fingerprint density at radius 2 is 2.04 bits per heavy atom. The Labute approximate surface area is 143 Å². The second kappa shape index (κ2) is 6.70. The molecular formula is C14H14ClN5O3S. The van der Waals surface area contributed by atoms with E-state index in [0.29, 0.717) is 22.8 Å². The van der Waals surface area contributed by atoms with E-state index in [9.17, 15) is 8.42 Å². The van der Waals surface area contributed by atoms with E-state index in [4.69, 9.17) is 16.1 Å². The van der Waals surface area contributed by atoms with Crippen molar-refractivity contribution in [2.75, 3.05) is 0 Å². The van der Waals surface area contributed by atoms with Crippen molar-refractivity contribution in [1.29, 1.82) is 0 Å². The van der Waals surface area contributed by atoms with E-state index in [0.717, 1.165) is 0 Å². The third kappa shape index (κ3) is 3.62. The van der Waals surface area contributed by atoms with Gasteiger partial charge in [-0.25, -0.2) is 13.1 Å². The molecule has 0 saturated heterocycles. The minimum atomic E-state index is -3.49. The monoisotopic (exact) mass is 367 g/mol. The van der Waals surface area contributed by atoms with Gasteiger partial charge in [0.15, 0.2) is 15.7 Å². The highest BCUT2D eigenvalue weighted by Crippen LogP contribution is 2.26. The highest BCUT2D eigenvalue weighted by Gasteiger charge is 2.21. The first-order valence-corrected chi connectivity index (χ1v) is 9.33. The molecule has 2 aromatic heterocycles. The van der Waals surface area contributed by atoms with Crippen molar-refractivity contribution in [2.24, 2.45) is 0 Å². The van der Waals surface area contributed by atoms with Crippen LogP contribution >= 0.6 is 11.6 Å². The van der Waals surface area contributed by atoms with Crippen molar-refractivity contribution in [3.05, 3.63) is 47.0 Å². The molecule has 1 aromatic carbocycles. The van der Waals surface area contributed by atoms with Crippen LogP contribution in [0.4, 0.5) is 0 Å². The summed E-state index contributed by atoms with van der Waals surface area (Å²) in [7, 11) is -3.49. The Morgan fingerprint density at radius 1 is 1.25 bits per heavy atom. The van der Waals surface area contributed by atoms with Gasteiger partial charge in [0.2, 0.25) is 0 Å². The molecule has 0 bridgehead atoms. The van der Waals surface area contributed by atoms with Crippen LogP contribution in [0.25, 0.3) is 11.5 Å². The fourth-order valence-electron chi connectivity index (χ4n) is 2.19. The van der Waals surface area contributed by atoms with Crippen LogP contribution < -0.4 is 0 Å². The van der Waals surface area contributed by atoms with Gasteiger partial charge in [0.25, 0.3) is 5.89 Å². The maximum atomic E-state index is 12.3. The zero-order valence-corrected chi connectivity index (χ0v) is 14.3. The summed E-state index contributed by atoms with van der Waals surface area (Å²) < 4.78 is 31.3. The molecular weight excluding hydrogens is 354 g/mol. The molecule has 0 saturated carbocycles. The highest BCUT2D eigenvalue weighted by molar-refractivity contribution is 7.89. The van der Waals surface area contributed by atoms with Gasteiger partial charge < -0.3 is 4.52 Å². The van der Waals surface area contributed by atoms with Crippen LogP contribution in [0, 0.1) is 0 Å². The number of rotatable bonds is 6. The highest BCUT2D eigenvalue weighted by atomic mass is 35.5. The van der Waals surface area contributed by atoms with Gasteiger partial charge in [-0.15, -0.1) is 5.10 Å². The quantitative estimate of drug-likeness (QED) is 0.657. The Balaban J connectivity index is 1.78. The molecule has 0 aliphatic carbocycles. The smallest absolute Gasteiger partial charge is 0.259 e. The summed E-state index contributed by atoms with van der Waals surface area (Å²) in [6, 6.07) is 6.97. The number of nitrogens with zero attached hydrogens (tertiary/aromatic N) is 5. The van der Waals surface area contributed by atoms with Gasteiger partial charge in [-0.1, -0.05) is 34.1 Å². The summed E-state index contributed by atoms with van der Waals surface area (Å²) in [6.45, 7) is 2.41. The number of halogens is 1. The van der Waals surface area contributed by atoms with E-state index in [1.807, 2.05) is 6.92 Å². The Morgan fingerprint density at radius 3 is 2.79 bits per heavy atom. The summed E-state index contributed by atoms with van der Waals surface area (Å²) in [4.78, 5) is 4.12. The molecule has 0 aliphatic heterocycles. The van der Waals surface area contributed by atoms with Gasteiger partial charge >= 0.3 is 0 Å². The molecule has 3 aromatic rings. The van der Waals surface area contributed by atoms with Crippen molar-refractivity contribution < 1.29 is 12.9 Å². The fraction of sp³-hybridized carbons (Fsp3) is 0.286. The summed E-state index contributed by atoms with van der Waals surface area (Å²) in [6.07, 6.45) is 1.44. The lowest BCUT2D eigenvalue weighted by Crippen LogP contribution is -2.12. The first-order valence-electron chi connectivity index (χ1n) is 7.14. The number of sulfone groups is 1. The van der Waals surface area contributed by atoms with Gasteiger partial charge in [0.1, 0.15) is 5.75 Å². The van der Waals surface area contributed by atoms with Crippen molar-refractivity contribution in [1.82, 2.24) is 25.1 Å². The molecule has 0 spiro atoms. The van der Waals surface area contributed by atoms with Crippen LogP contribution in [-0.2, 0) is 27.9 Å². The number of hydrogen-bond acceptors (Lipinski definition) is 7. The maximum Gasteiger partial charge on any atom is 0.259 e. The summed E-state index contributed by atoms with van der Waals surface area (Å²) in [5, 5.41) is 11.7. The normalized spacial score (nSPS) is 11.8. The van der Waals surface area contributed by atoms with Crippen molar-refractivity contribution in [2.45, 2.75) is 25.0 Å². The summed E-state index contributed by atoms with van der Waals surface area (Å²) in [5.74, 6) is -0.258. The SMILES string of the molecule is CCn1nncc1CS(=O)(=O)Cc1noc(-c2ccccc2Cl)n1. The molecule has 0 unspecified atom stereocenters. The predicted molar refractivity (Wildman–Crippen MR) is 86.8 cm³/mol. The lowest BCUT2D eigenvalue weighted by molar-refractivity contribution is 0.424. The zero-order chi connectivity index (χ0) is 17.2. The van der Waals surface area contributed by atoms with E-state index < -0.39 is 9.84 Å². The Bertz CT molecular complexity index is 951. The zero-order valence-electron chi connectivity index (χ0n) is 12.8. The molecule has 24 heavy (non-hydrogen) atoms. The molecule has 2 heterocycles. The third-order valence-corrected chi connectivity index (χ3v) is 5.05. The largest absolute Gasteiger partial charge is 0.334 e. The first kappa shape index (κ1) is 16.6. The number of benzene rings is 1. The number of aryl methyl sites for hydroxylation is 1. The summed E-state index contributed by atoms with van der Waals surface area (Å²) >= 11 is 6.07. The molecule has 0 N–H and O–H groups in total. The standard InChI is InChI=1S/C14H14ClN5O3S/c1-2-20-10(7-16-19-20)8-24(21,22)9-13-17-14(23-18-13)11-5-3-4-6-12(11)15/h3-7H,2,8-9H2,1H3. The molecule has 126 valence electrons. The van der Waals surface area contributed by atoms with Gasteiger partial charge in [0.05, 0.1) is 28.2 Å². The summed E-state index contributed by atoms with van der Waals surface area (Å²) in [5.41, 5.74) is 1.08. The van der Waals surface area contributed by atoms with Crippen molar-refractivity contribution in [3.8, 4) is 11.5 Å². The number of aromatic nitrogens is 5. The predicted octanol–water partition coefficient (Wildman–Crippen LogP) is 2.12. The molecule has 0 amide bonds. The third-order valence-electron chi connectivity index (χ3n) is 3.29. The maximum absolute atomic E-state index is 12.3. The van der Waals surface area contributed by atoms with E-state index in [1.54, 1.807) is 24.3 Å². The van der Waals surface area contributed by atoms with Crippen molar-refractivity contribution >= 4 is 21.4 Å². The molecule has 0 atom stereocenters. The minimum absolute atomic E-state index is 0.0837. The van der Waals surface area contributed by atoms with Crippen LogP contribution in [0.5, 0.6) is 0 Å². The Hall–Kier alpha value is -2.26. The average Bonchev–Trinajstić information content (AvgIpc) is 3.16. The molecule has 3 rings (SSSR count). The first-order chi connectivity index (χ1) is 11.5. The van der Waals surface area contributed by atoms with Crippen LogP contribution in [0.1, 0.15) is 18.4 Å². The number of hydrogen-bond donors (Lipinski definition) is 0. The van der Waals surface area contributed by atoms with Gasteiger partial charge in [-0.2, -0.15) is 4.98 Å². The van der Waals surface area contributed by atoms with E-state index in [-0.39, 0.29) is 23.2 Å². The van der Waals surface area contributed by atoms with Gasteiger partial charge in [-0.05, 0) is 19.1 Å². The van der Waals surface area contributed by atoms with Crippen LogP contribution in [0.2, 0.25) is 5.02 Å². The van der Waals surface area contributed by atoms with Crippen LogP contribution in [0.3, 0.4) is 0 Å². The fourth-order valence-corrected chi connectivity index (χ4v) is 3.69. The lowest BCUT2D eigenvalue weighted by atomic mass is 10.2. The molecule has 10 heteroatoms. The van der Waals surface area contributed by atoms with Crippen molar-refractivity contribution in [3.63, 3.8) is 0 Å². The lowest BCUT2D eigenvalue weighted by Gasteiger charge is -2.03. The Kier molecular flexibility index (Phi) is 4.63. The van der Waals surface area contributed by atoms with Gasteiger partial charge in [0, 0.05) is 6.54 Å². The molecule has 0 aliphatic rings.